The Labute approximate surface area is 144 Å². The van der Waals surface area contributed by atoms with E-state index in [4.69, 9.17) is 4.52 Å². The quantitative estimate of drug-likeness (QED) is 0.880. The minimum Gasteiger partial charge on any atom is -0.351 e. The first kappa shape index (κ1) is 17.8. The number of aryl methyl sites for hydroxylation is 1. The van der Waals surface area contributed by atoms with Crippen LogP contribution in [0.4, 0.5) is 8.78 Å². The number of halogens is 2. The van der Waals surface area contributed by atoms with Gasteiger partial charge in [0.15, 0.2) is 0 Å². The number of nitrogens with one attached hydrogen (secondary N) is 1. The zero-order valence-electron chi connectivity index (χ0n) is 14.6. The summed E-state index contributed by atoms with van der Waals surface area (Å²) in [7, 11) is 0. The van der Waals surface area contributed by atoms with Gasteiger partial charge in [0.25, 0.3) is 11.8 Å². The lowest BCUT2D eigenvalue weighted by atomic mass is 9.87. The third-order valence-electron chi connectivity index (χ3n) is 5.19. The Morgan fingerprint density at radius 1 is 1.44 bits per heavy atom. The van der Waals surface area contributed by atoms with Crippen LogP contribution in [0.15, 0.2) is 10.7 Å². The van der Waals surface area contributed by atoms with Gasteiger partial charge >= 0.3 is 0 Å². The highest BCUT2D eigenvalue weighted by atomic mass is 19.3. The predicted molar refractivity (Wildman–Crippen MR) is 85.1 cm³/mol. The molecule has 1 aliphatic heterocycles. The second-order valence-corrected chi connectivity index (χ2v) is 7.83. The summed E-state index contributed by atoms with van der Waals surface area (Å²) < 4.78 is 30.8. The van der Waals surface area contributed by atoms with Crippen LogP contribution in [0.3, 0.4) is 0 Å². The van der Waals surface area contributed by atoms with Crippen LogP contribution < -0.4 is 5.32 Å². The highest BCUT2D eigenvalue weighted by molar-refractivity contribution is 5.93. The topological polar surface area (TPSA) is 75.4 Å². The van der Waals surface area contributed by atoms with Crippen molar-refractivity contribution in [1.29, 1.82) is 0 Å². The molecule has 2 amide bonds. The maximum atomic E-state index is 12.9. The molecular weight excluding hydrogens is 332 g/mol. The van der Waals surface area contributed by atoms with E-state index in [-0.39, 0.29) is 48.3 Å². The zero-order valence-corrected chi connectivity index (χ0v) is 14.6. The van der Waals surface area contributed by atoms with Crippen LogP contribution in [-0.2, 0) is 4.79 Å². The van der Waals surface area contributed by atoms with Crippen LogP contribution in [0, 0.1) is 18.3 Å². The number of hydrogen-bond acceptors (Lipinski definition) is 4. The summed E-state index contributed by atoms with van der Waals surface area (Å²) in [4.78, 5) is 26.3. The number of alkyl halides is 2. The van der Waals surface area contributed by atoms with E-state index in [1.165, 1.54) is 6.20 Å². The number of carbonyl (C=O) groups is 2. The Kier molecular flexibility index (Phi) is 4.33. The van der Waals surface area contributed by atoms with Gasteiger partial charge in [-0.15, -0.1) is 0 Å². The van der Waals surface area contributed by atoms with E-state index in [1.807, 2.05) is 13.8 Å². The van der Waals surface area contributed by atoms with Crippen LogP contribution >= 0.6 is 0 Å². The molecule has 2 fully saturated rings. The minimum atomic E-state index is -2.59. The van der Waals surface area contributed by atoms with Gasteiger partial charge in [-0.25, -0.2) is 8.78 Å². The molecule has 6 nitrogen and oxygen atoms in total. The fourth-order valence-electron chi connectivity index (χ4n) is 3.32. The third-order valence-corrected chi connectivity index (χ3v) is 5.19. The molecule has 0 radical (unpaired) electrons. The number of likely N-dealkylation sites (tertiary alicyclic amines) is 1. The molecular formula is C17H23F2N3O3. The van der Waals surface area contributed by atoms with Crippen molar-refractivity contribution in [3.05, 3.63) is 17.5 Å². The van der Waals surface area contributed by atoms with Gasteiger partial charge in [0.1, 0.15) is 0 Å². The molecule has 1 saturated carbocycles. The van der Waals surface area contributed by atoms with Crippen molar-refractivity contribution in [2.45, 2.75) is 52.0 Å². The molecule has 1 aromatic heterocycles. The lowest BCUT2D eigenvalue weighted by Gasteiger charge is -2.26. The fourth-order valence-corrected chi connectivity index (χ4v) is 3.32. The molecule has 2 aliphatic rings. The molecule has 25 heavy (non-hydrogen) atoms. The lowest BCUT2D eigenvalue weighted by Crippen LogP contribution is -2.44. The second kappa shape index (κ2) is 6.07. The van der Waals surface area contributed by atoms with Crippen LogP contribution in [0.2, 0.25) is 0 Å². The number of rotatable bonds is 5. The Balaban J connectivity index is 1.56. The molecule has 0 aromatic carbocycles. The van der Waals surface area contributed by atoms with Gasteiger partial charge in [-0.1, -0.05) is 19.0 Å². The first-order chi connectivity index (χ1) is 11.6. The normalized spacial score (nSPS) is 26.5. The first-order valence-corrected chi connectivity index (χ1v) is 8.48. The SMILES string of the molecule is Cc1cnoc1C(=O)N1CC(NC(=O)CCC2CC2(F)F)C(C)(C)C1. The third kappa shape index (κ3) is 3.67. The Morgan fingerprint density at radius 3 is 2.68 bits per heavy atom. The van der Waals surface area contributed by atoms with Crippen molar-refractivity contribution in [2.75, 3.05) is 13.1 Å². The largest absolute Gasteiger partial charge is 0.351 e. The van der Waals surface area contributed by atoms with Gasteiger partial charge in [-0.2, -0.15) is 0 Å². The highest BCUT2D eigenvalue weighted by Gasteiger charge is 2.56. The smallest absolute Gasteiger partial charge is 0.292 e. The summed E-state index contributed by atoms with van der Waals surface area (Å²) >= 11 is 0. The number of nitrogens with zero attached hydrogens (tertiary/aromatic N) is 2. The molecule has 1 aromatic rings. The van der Waals surface area contributed by atoms with Crippen LogP contribution in [0.25, 0.3) is 0 Å². The predicted octanol–water partition coefficient (Wildman–Crippen LogP) is 2.39. The molecule has 138 valence electrons. The zero-order chi connectivity index (χ0) is 18.4. The summed E-state index contributed by atoms with van der Waals surface area (Å²) in [6.07, 6.45) is 1.66. The molecule has 0 spiro atoms. The monoisotopic (exact) mass is 355 g/mol. The Morgan fingerprint density at radius 2 is 2.12 bits per heavy atom. The van der Waals surface area contributed by atoms with Crippen molar-refractivity contribution >= 4 is 11.8 Å². The molecule has 2 unspecified atom stereocenters. The summed E-state index contributed by atoms with van der Waals surface area (Å²) in [5, 5.41) is 6.52. The summed E-state index contributed by atoms with van der Waals surface area (Å²) in [5.41, 5.74) is 0.351. The molecule has 3 rings (SSSR count). The molecule has 1 N–H and O–H groups in total. The van der Waals surface area contributed by atoms with Gasteiger partial charge in [0.05, 0.1) is 12.2 Å². The summed E-state index contributed by atoms with van der Waals surface area (Å²) in [6.45, 7) is 6.51. The maximum Gasteiger partial charge on any atom is 0.292 e. The van der Waals surface area contributed by atoms with Crippen LogP contribution in [-0.4, -0.2) is 46.9 Å². The van der Waals surface area contributed by atoms with Crippen LogP contribution in [0.5, 0.6) is 0 Å². The van der Waals surface area contributed by atoms with Crippen molar-refractivity contribution in [3.63, 3.8) is 0 Å². The van der Waals surface area contributed by atoms with E-state index < -0.39 is 11.8 Å². The van der Waals surface area contributed by atoms with E-state index in [2.05, 4.69) is 10.5 Å². The van der Waals surface area contributed by atoms with Gasteiger partial charge in [-0.05, 0) is 13.3 Å². The minimum absolute atomic E-state index is 0.0853. The van der Waals surface area contributed by atoms with Gasteiger partial charge in [-0.3, -0.25) is 9.59 Å². The average Bonchev–Trinajstić information content (AvgIpc) is 2.82. The van der Waals surface area contributed by atoms with Gasteiger partial charge in [0, 0.05) is 42.8 Å². The van der Waals surface area contributed by atoms with E-state index >= 15 is 0 Å². The Bertz CT molecular complexity index is 686. The number of hydrogen-bond donors (Lipinski definition) is 1. The van der Waals surface area contributed by atoms with Gasteiger partial charge in [0.2, 0.25) is 11.7 Å². The standard InChI is InChI=1S/C17H23F2N3O3/c1-10-7-20-25-14(10)15(24)22-8-12(16(2,3)9-22)21-13(23)5-4-11-6-17(11,18)19/h7,11-12H,4-6,8-9H2,1-3H3,(H,21,23). The van der Waals surface area contributed by atoms with Crippen molar-refractivity contribution < 1.29 is 22.9 Å². The molecule has 2 heterocycles. The number of amides is 2. The summed E-state index contributed by atoms with van der Waals surface area (Å²) in [5.74, 6) is -3.55. The summed E-state index contributed by atoms with van der Waals surface area (Å²) in [6, 6.07) is -0.230. The van der Waals surface area contributed by atoms with Gasteiger partial charge < -0.3 is 14.7 Å². The lowest BCUT2D eigenvalue weighted by molar-refractivity contribution is -0.122. The number of aromatic nitrogens is 1. The van der Waals surface area contributed by atoms with E-state index in [9.17, 15) is 18.4 Å². The average molecular weight is 355 g/mol. The maximum absolute atomic E-state index is 12.9. The molecule has 8 heteroatoms. The van der Waals surface area contributed by atoms with E-state index in [1.54, 1.807) is 11.8 Å². The second-order valence-electron chi connectivity index (χ2n) is 7.83. The Hall–Kier alpha value is -1.99. The molecule has 2 atom stereocenters. The molecule has 0 bridgehead atoms. The van der Waals surface area contributed by atoms with Crippen LogP contribution in [0.1, 0.15) is 49.2 Å². The molecule has 1 saturated heterocycles. The van der Waals surface area contributed by atoms with Crippen molar-refractivity contribution in [2.24, 2.45) is 11.3 Å². The van der Waals surface area contributed by atoms with E-state index in [0.29, 0.717) is 18.7 Å². The van der Waals surface area contributed by atoms with Crippen molar-refractivity contribution in [1.82, 2.24) is 15.4 Å². The highest BCUT2D eigenvalue weighted by Crippen LogP contribution is 2.51. The molecule has 1 aliphatic carbocycles. The van der Waals surface area contributed by atoms with Crippen molar-refractivity contribution in [3.8, 4) is 0 Å². The first-order valence-electron chi connectivity index (χ1n) is 8.48. The van der Waals surface area contributed by atoms with E-state index in [0.717, 1.165) is 0 Å². The fraction of sp³-hybridized carbons (Fsp3) is 0.706. The number of carbonyl (C=O) groups excluding carboxylic acids is 2.